The molecule has 104 valence electrons. The first-order chi connectivity index (χ1) is 8.89. The van der Waals surface area contributed by atoms with Crippen LogP contribution in [0.4, 0.5) is 8.78 Å². The Hall–Kier alpha value is -1.65. The van der Waals surface area contributed by atoms with E-state index in [0.29, 0.717) is 18.4 Å². The predicted molar refractivity (Wildman–Crippen MR) is 65.6 cm³/mol. The first kappa shape index (κ1) is 13.8. The standard InChI is InChI=1S/C14H16F2O3/c15-14(16)6-2-4-10(8-14)11-5-1-3-9(13(11)19)7-12(17)18/h1,3,5,10,19H,2,4,6-8H2,(H,17,18). The summed E-state index contributed by atoms with van der Waals surface area (Å²) in [5.41, 5.74) is 0.719. The smallest absolute Gasteiger partial charge is 0.307 e. The van der Waals surface area contributed by atoms with Gasteiger partial charge in [0.05, 0.1) is 6.42 Å². The van der Waals surface area contributed by atoms with Gasteiger partial charge in [0.25, 0.3) is 0 Å². The summed E-state index contributed by atoms with van der Waals surface area (Å²) < 4.78 is 26.8. The van der Waals surface area contributed by atoms with Crippen LogP contribution in [-0.2, 0) is 11.2 Å². The van der Waals surface area contributed by atoms with Gasteiger partial charge in [-0.15, -0.1) is 0 Å². The number of carboxylic acid groups (broad SMARTS) is 1. The van der Waals surface area contributed by atoms with Crippen molar-refractivity contribution in [3.05, 3.63) is 29.3 Å². The molecule has 2 N–H and O–H groups in total. The van der Waals surface area contributed by atoms with Gasteiger partial charge in [0.15, 0.2) is 0 Å². The summed E-state index contributed by atoms with van der Waals surface area (Å²) in [4.78, 5) is 10.7. The minimum absolute atomic E-state index is 0.112. The highest BCUT2D eigenvalue weighted by Gasteiger charge is 2.37. The third kappa shape index (κ3) is 3.22. The number of benzene rings is 1. The second-order valence-electron chi connectivity index (χ2n) is 5.07. The minimum atomic E-state index is -2.70. The van der Waals surface area contributed by atoms with Crippen LogP contribution in [0.3, 0.4) is 0 Å². The number of hydrogen-bond acceptors (Lipinski definition) is 2. The highest BCUT2D eigenvalue weighted by Crippen LogP contribution is 2.44. The summed E-state index contributed by atoms with van der Waals surface area (Å²) in [7, 11) is 0. The van der Waals surface area contributed by atoms with E-state index in [2.05, 4.69) is 0 Å². The van der Waals surface area contributed by atoms with Crippen molar-refractivity contribution in [2.45, 2.75) is 43.9 Å². The molecule has 0 spiro atoms. The van der Waals surface area contributed by atoms with Crippen LogP contribution in [0.5, 0.6) is 5.75 Å². The molecule has 1 saturated carbocycles. The van der Waals surface area contributed by atoms with Crippen molar-refractivity contribution >= 4 is 5.97 Å². The van der Waals surface area contributed by atoms with E-state index in [1.165, 1.54) is 6.07 Å². The van der Waals surface area contributed by atoms with Gasteiger partial charge in [0.1, 0.15) is 5.75 Å². The summed E-state index contributed by atoms with van der Waals surface area (Å²) in [5, 5.41) is 18.8. The molecule has 19 heavy (non-hydrogen) atoms. The molecule has 0 radical (unpaired) electrons. The summed E-state index contributed by atoms with van der Waals surface area (Å²) in [5.74, 6) is -4.30. The Bertz CT molecular complexity index is 486. The Balaban J connectivity index is 2.27. The maximum absolute atomic E-state index is 13.4. The molecule has 3 nitrogen and oxygen atoms in total. The molecule has 1 unspecified atom stereocenters. The molecule has 0 bridgehead atoms. The fourth-order valence-corrected chi connectivity index (χ4v) is 2.68. The summed E-state index contributed by atoms with van der Waals surface area (Å²) in [6.45, 7) is 0. The molecule has 0 saturated heterocycles. The second-order valence-corrected chi connectivity index (χ2v) is 5.07. The Kier molecular flexibility index (Phi) is 3.73. The van der Waals surface area contributed by atoms with Gasteiger partial charge < -0.3 is 10.2 Å². The van der Waals surface area contributed by atoms with E-state index in [1.807, 2.05) is 0 Å². The number of phenolic OH excluding ortho intramolecular Hbond substituents is 1. The molecular weight excluding hydrogens is 254 g/mol. The number of phenols is 1. The van der Waals surface area contributed by atoms with Crippen molar-refractivity contribution in [3.8, 4) is 5.75 Å². The van der Waals surface area contributed by atoms with Crippen LogP contribution in [-0.4, -0.2) is 22.1 Å². The van der Waals surface area contributed by atoms with Crippen molar-refractivity contribution in [1.82, 2.24) is 0 Å². The van der Waals surface area contributed by atoms with E-state index < -0.39 is 17.8 Å². The van der Waals surface area contributed by atoms with Crippen LogP contribution in [0.15, 0.2) is 18.2 Å². The van der Waals surface area contributed by atoms with Crippen LogP contribution < -0.4 is 0 Å². The summed E-state index contributed by atoms with van der Waals surface area (Å²) in [6, 6.07) is 4.72. The van der Waals surface area contributed by atoms with Gasteiger partial charge in [0.2, 0.25) is 5.92 Å². The number of hydrogen-bond donors (Lipinski definition) is 2. The Labute approximate surface area is 109 Å². The van der Waals surface area contributed by atoms with Crippen LogP contribution >= 0.6 is 0 Å². The monoisotopic (exact) mass is 270 g/mol. The Morgan fingerprint density at radius 3 is 2.79 bits per heavy atom. The lowest BCUT2D eigenvalue weighted by Gasteiger charge is -2.29. The normalized spacial score (nSPS) is 22.1. The number of aliphatic carboxylic acids is 1. The highest BCUT2D eigenvalue weighted by atomic mass is 19.3. The molecule has 0 amide bonds. The predicted octanol–water partition coefficient (Wildman–Crippen LogP) is 3.31. The number of halogens is 2. The Morgan fingerprint density at radius 2 is 2.16 bits per heavy atom. The number of rotatable bonds is 3. The largest absolute Gasteiger partial charge is 0.507 e. The Morgan fingerprint density at radius 1 is 1.42 bits per heavy atom. The number of carboxylic acids is 1. The second kappa shape index (κ2) is 5.15. The molecular formula is C14H16F2O3. The van der Waals surface area contributed by atoms with E-state index in [-0.39, 0.29) is 30.6 Å². The zero-order valence-corrected chi connectivity index (χ0v) is 10.4. The molecule has 1 aliphatic rings. The number of para-hydroxylation sites is 1. The molecule has 1 aromatic carbocycles. The molecule has 1 aliphatic carbocycles. The van der Waals surface area contributed by atoms with Crippen LogP contribution in [0.1, 0.15) is 42.7 Å². The first-order valence-electron chi connectivity index (χ1n) is 6.29. The zero-order valence-electron chi connectivity index (χ0n) is 10.4. The van der Waals surface area contributed by atoms with Gasteiger partial charge in [0, 0.05) is 18.4 Å². The minimum Gasteiger partial charge on any atom is -0.507 e. The van der Waals surface area contributed by atoms with Gasteiger partial charge in [-0.2, -0.15) is 0 Å². The van der Waals surface area contributed by atoms with Crippen molar-refractivity contribution in [3.63, 3.8) is 0 Å². The third-order valence-corrected chi connectivity index (χ3v) is 3.57. The number of alkyl halides is 2. The van der Waals surface area contributed by atoms with E-state index in [1.54, 1.807) is 12.1 Å². The topological polar surface area (TPSA) is 57.5 Å². The van der Waals surface area contributed by atoms with Gasteiger partial charge in [-0.05, 0) is 24.3 Å². The molecule has 0 heterocycles. The van der Waals surface area contributed by atoms with Gasteiger partial charge in [-0.25, -0.2) is 8.78 Å². The molecule has 0 aliphatic heterocycles. The van der Waals surface area contributed by atoms with Crippen molar-refractivity contribution < 1.29 is 23.8 Å². The zero-order chi connectivity index (χ0) is 14.0. The summed E-state index contributed by atoms with van der Waals surface area (Å²) >= 11 is 0. The summed E-state index contributed by atoms with van der Waals surface area (Å²) in [6.07, 6.45) is 0.318. The average molecular weight is 270 g/mol. The van der Waals surface area contributed by atoms with E-state index in [9.17, 15) is 18.7 Å². The van der Waals surface area contributed by atoms with Crippen LogP contribution in [0, 0.1) is 0 Å². The highest BCUT2D eigenvalue weighted by molar-refractivity contribution is 5.71. The molecule has 1 atom stereocenters. The number of carbonyl (C=O) groups is 1. The maximum Gasteiger partial charge on any atom is 0.307 e. The molecule has 0 aromatic heterocycles. The average Bonchev–Trinajstić information content (AvgIpc) is 2.30. The number of aromatic hydroxyl groups is 1. The quantitative estimate of drug-likeness (QED) is 0.885. The van der Waals surface area contributed by atoms with Gasteiger partial charge >= 0.3 is 5.97 Å². The van der Waals surface area contributed by atoms with Gasteiger partial charge in [-0.3, -0.25) is 4.79 Å². The van der Waals surface area contributed by atoms with Gasteiger partial charge in [-0.1, -0.05) is 18.2 Å². The van der Waals surface area contributed by atoms with Crippen molar-refractivity contribution in [1.29, 1.82) is 0 Å². The van der Waals surface area contributed by atoms with Crippen molar-refractivity contribution in [2.75, 3.05) is 0 Å². The third-order valence-electron chi connectivity index (χ3n) is 3.57. The first-order valence-corrected chi connectivity index (χ1v) is 6.29. The molecule has 2 rings (SSSR count). The molecule has 5 heteroatoms. The fraction of sp³-hybridized carbons (Fsp3) is 0.500. The van der Waals surface area contributed by atoms with Crippen molar-refractivity contribution in [2.24, 2.45) is 0 Å². The van der Waals surface area contributed by atoms with E-state index >= 15 is 0 Å². The maximum atomic E-state index is 13.4. The lowest BCUT2D eigenvalue weighted by atomic mass is 9.81. The lowest BCUT2D eigenvalue weighted by molar-refractivity contribution is -0.136. The molecule has 1 aromatic rings. The fourth-order valence-electron chi connectivity index (χ4n) is 2.68. The molecule has 1 fully saturated rings. The van der Waals surface area contributed by atoms with E-state index in [0.717, 1.165) is 0 Å². The van der Waals surface area contributed by atoms with Crippen LogP contribution in [0.2, 0.25) is 0 Å². The SMILES string of the molecule is O=C(O)Cc1cccc(C2CCCC(F)(F)C2)c1O. The van der Waals surface area contributed by atoms with Crippen LogP contribution in [0.25, 0.3) is 0 Å². The van der Waals surface area contributed by atoms with E-state index in [4.69, 9.17) is 5.11 Å². The lowest BCUT2D eigenvalue weighted by Crippen LogP contribution is -2.25.